The molecule has 1 aliphatic heterocycles. The van der Waals surface area contributed by atoms with Gasteiger partial charge in [0.2, 0.25) is 0 Å². The van der Waals surface area contributed by atoms with E-state index in [1.807, 2.05) is 43.5 Å². The molecule has 0 radical (unpaired) electrons. The van der Waals surface area contributed by atoms with Crippen LogP contribution in [0.4, 0.5) is 5.69 Å². The molecule has 1 aliphatic rings. The Morgan fingerprint density at radius 2 is 1.86 bits per heavy atom. The Hall–Kier alpha value is -2.99. The molecule has 0 saturated carbocycles. The quantitative estimate of drug-likeness (QED) is 0.615. The van der Waals surface area contributed by atoms with Gasteiger partial charge in [0.25, 0.3) is 5.91 Å². The number of anilines is 1. The molecular formula is C21H20ClN3O3. The fraction of sp³-hybridized carbons (Fsp3) is 0.238. The lowest BCUT2D eigenvalue weighted by atomic mass is 10.2. The van der Waals surface area contributed by atoms with E-state index < -0.39 is 0 Å². The molecule has 1 amide bonds. The highest BCUT2D eigenvalue weighted by Gasteiger charge is 2.32. The molecule has 1 aromatic heterocycles. The molecule has 2 aromatic carbocycles. The van der Waals surface area contributed by atoms with Crippen LogP contribution in [-0.4, -0.2) is 29.4 Å². The lowest BCUT2D eigenvalue weighted by Crippen LogP contribution is -2.24. The number of hydrogen-bond donors (Lipinski definition) is 0. The van der Waals surface area contributed by atoms with Crippen LogP contribution >= 0.6 is 11.6 Å². The molecule has 0 aliphatic carbocycles. The van der Waals surface area contributed by atoms with E-state index in [9.17, 15) is 4.79 Å². The molecule has 0 bridgehead atoms. The number of methoxy groups -OCH3 is 1. The van der Waals surface area contributed by atoms with Crippen molar-refractivity contribution in [1.29, 1.82) is 0 Å². The molecule has 4 rings (SSSR count). The zero-order chi connectivity index (χ0) is 19.7. The third-order valence-electron chi connectivity index (χ3n) is 4.58. The predicted molar refractivity (Wildman–Crippen MR) is 108 cm³/mol. The second kappa shape index (κ2) is 7.56. The van der Waals surface area contributed by atoms with E-state index in [-0.39, 0.29) is 5.91 Å². The van der Waals surface area contributed by atoms with Crippen LogP contribution in [0.2, 0.25) is 5.02 Å². The van der Waals surface area contributed by atoms with Gasteiger partial charge in [0, 0.05) is 28.5 Å². The van der Waals surface area contributed by atoms with Crippen LogP contribution in [0.5, 0.6) is 11.5 Å². The Balaban J connectivity index is 1.58. The lowest BCUT2D eigenvalue weighted by molar-refractivity contribution is 0.0991. The van der Waals surface area contributed by atoms with E-state index in [0.29, 0.717) is 35.4 Å². The highest BCUT2D eigenvalue weighted by molar-refractivity contribution is 6.30. The van der Waals surface area contributed by atoms with Crippen molar-refractivity contribution in [3.63, 3.8) is 0 Å². The first-order valence-electron chi connectivity index (χ1n) is 9.08. The molecule has 0 N–H and O–H groups in total. The van der Waals surface area contributed by atoms with Crippen LogP contribution in [0, 0.1) is 0 Å². The SMILES string of the molecule is CCCOc1ccc(N2Cc3cn(-c4ccc(Cl)cc4)nc3C2=O)cc1OC. The van der Waals surface area contributed by atoms with Crippen molar-refractivity contribution < 1.29 is 14.3 Å². The van der Waals surface area contributed by atoms with Gasteiger partial charge in [0.1, 0.15) is 0 Å². The molecule has 2 heterocycles. The van der Waals surface area contributed by atoms with Crippen molar-refractivity contribution in [2.45, 2.75) is 19.9 Å². The molecule has 0 unspecified atom stereocenters. The molecule has 6 nitrogen and oxygen atoms in total. The van der Waals surface area contributed by atoms with Crippen LogP contribution < -0.4 is 14.4 Å². The largest absolute Gasteiger partial charge is 0.493 e. The molecule has 0 atom stereocenters. The van der Waals surface area contributed by atoms with Crippen molar-refractivity contribution in [1.82, 2.24) is 9.78 Å². The van der Waals surface area contributed by atoms with E-state index >= 15 is 0 Å². The number of halogens is 1. The summed E-state index contributed by atoms with van der Waals surface area (Å²) < 4.78 is 12.8. The summed E-state index contributed by atoms with van der Waals surface area (Å²) in [5.74, 6) is 1.15. The topological polar surface area (TPSA) is 56.6 Å². The van der Waals surface area contributed by atoms with Gasteiger partial charge in [-0.25, -0.2) is 4.68 Å². The second-order valence-electron chi connectivity index (χ2n) is 6.50. The highest BCUT2D eigenvalue weighted by Crippen LogP contribution is 2.35. The van der Waals surface area contributed by atoms with Crippen LogP contribution in [0.25, 0.3) is 5.69 Å². The molecule has 0 fully saturated rings. The van der Waals surface area contributed by atoms with Gasteiger partial charge in [-0.3, -0.25) is 4.79 Å². The van der Waals surface area contributed by atoms with Gasteiger partial charge in [0.05, 0.1) is 25.9 Å². The number of carbonyl (C=O) groups excluding carboxylic acids is 1. The Labute approximate surface area is 168 Å². The maximum absolute atomic E-state index is 12.9. The smallest absolute Gasteiger partial charge is 0.279 e. The second-order valence-corrected chi connectivity index (χ2v) is 6.94. The fourth-order valence-electron chi connectivity index (χ4n) is 3.17. The van der Waals surface area contributed by atoms with Crippen LogP contribution in [0.3, 0.4) is 0 Å². The molecule has 7 heteroatoms. The summed E-state index contributed by atoms with van der Waals surface area (Å²) in [5, 5.41) is 5.13. The van der Waals surface area contributed by atoms with Crippen molar-refractivity contribution >= 4 is 23.2 Å². The van der Waals surface area contributed by atoms with Gasteiger partial charge in [-0.15, -0.1) is 0 Å². The number of benzene rings is 2. The summed E-state index contributed by atoms with van der Waals surface area (Å²) in [6.45, 7) is 3.12. The number of fused-ring (bicyclic) bond motifs is 1. The lowest BCUT2D eigenvalue weighted by Gasteiger charge is -2.18. The van der Waals surface area contributed by atoms with E-state index in [1.54, 1.807) is 28.8 Å². The summed E-state index contributed by atoms with van der Waals surface area (Å²) >= 11 is 5.94. The first-order chi connectivity index (χ1) is 13.6. The third-order valence-corrected chi connectivity index (χ3v) is 4.83. The van der Waals surface area contributed by atoms with Crippen molar-refractivity contribution in [2.24, 2.45) is 0 Å². The van der Waals surface area contributed by atoms with Gasteiger partial charge in [0.15, 0.2) is 17.2 Å². The Morgan fingerprint density at radius 1 is 1.11 bits per heavy atom. The zero-order valence-corrected chi connectivity index (χ0v) is 16.4. The fourth-order valence-corrected chi connectivity index (χ4v) is 3.29. The summed E-state index contributed by atoms with van der Waals surface area (Å²) in [6.07, 6.45) is 2.79. The summed E-state index contributed by atoms with van der Waals surface area (Å²) in [7, 11) is 1.59. The van der Waals surface area contributed by atoms with Crippen molar-refractivity contribution in [3.8, 4) is 17.2 Å². The molecule has 28 heavy (non-hydrogen) atoms. The Bertz CT molecular complexity index is 1010. The van der Waals surface area contributed by atoms with Crippen molar-refractivity contribution in [3.05, 3.63) is 64.9 Å². The van der Waals surface area contributed by atoms with Gasteiger partial charge in [-0.2, -0.15) is 5.10 Å². The Kier molecular flexibility index (Phi) is 4.96. The number of hydrogen-bond acceptors (Lipinski definition) is 4. The minimum absolute atomic E-state index is 0.132. The number of ether oxygens (including phenoxy) is 2. The van der Waals surface area contributed by atoms with Crippen LogP contribution in [0.1, 0.15) is 29.4 Å². The molecule has 0 saturated heterocycles. The number of rotatable bonds is 6. The van der Waals surface area contributed by atoms with Crippen molar-refractivity contribution in [2.75, 3.05) is 18.6 Å². The molecule has 144 valence electrons. The number of nitrogens with zero attached hydrogens (tertiary/aromatic N) is 3. The average molecular weight is 398 g/mol. The third kappa shape index (κ3) is 3.31. The summed E-state index contributed by atoms with van der Waals surface area (Å²) in [6, 6.07) is 12.9. The monoisotopic (exact) mass is 397 g/mol. The van der Waals surface area contributed by atoms with Gasteiger partial charge in [-0.1, -0.05) is 18.5 Å². The van der Waals surface area contributed by atoms with E-state index in [4.69, 9.17) is 21.1 Å². The Morgan fingerprint density at radius 3 is 2.54 bits per heavy atom. The van der Waals surface area contributed by atoms with E-state index in [2.05, 4.69) is 5.10 Å². The molecule has 3 aromatic rings. The number of aromatic nitrogens is 2. The van der Waals surface area contributed by atoms with E-state index in [1.165, 1.54) is 0 Å². The minimum Gasteiger partial charge on any atom is -0.493 e. The number of amides is 1. The van der Waals surface area contributed by atoms with Gasteiger partial charge < -0.3 is 14.4 Å². The summed E-state index contributed by atoms with van der Waals surface area (Å²) in [5.41, 5.74) is 2.95. The molecular weight excluding hydrogens is 378 g/mol. The number of carbonyl (C=O) groups is 1. The maximum atomic E-state index is 12.9. The minimum atomic E-state index is -0.132. The van der Waals surface area contributed by atoms with Gasteiger partial charge >= 0.3 is 0 Å². The average Bonchev–Trinajstić information content (AvgIpc) is 3.26. The molecule has 0 spiro atoms. The van der Waals surface area contributed by atoms with Crippen LogP contribution in [0.15, 0.2) is 48.7 Å². The highest BCUT2D eigenvalue weighted by atomic mass is 35.5. The van der Waals surface area contributed by atoms with E-state index in [0.717, 1.165) is 23.4 Å². The first kappa shape index (κ1) is 18.4. The van der Waals surface area contributed by atoms with Gasteiger partial charge in [-0.05, 0) is 42.8 Å². The maximum Gasteiger partial charge on any atom is 0.279 e. The predicted octanol–water partition coefficient (Wildman–Crippen LogP) is 4.48. The standard InChI is InChI=1S/C21H20ClN3O3/c1-3-10-28-18-9-8-17(11-19(18)27-2)24-12-14-13-25(23-20(14)21(24)26)16-6-4-15(22)5-7-16/h4-9,11,13H,3,10,12H2,1-2H3. The van der Waals surface area contributed by atoms with Crippen LogP contribution in [-0.2, 0) is 6.54 Å². The first-order valence-corrected chi connectivity index (χ1v) is 9.45. The summed E-state index contributed by atoms with van der Waals surface area (Å²) in [4.78, 5) is 14.6. The normalized spacial score (nSPS) is 13.0. The zero-order valence-electron chi connectivity index (χ0n) is 15.7.